The number of anilines is 1. The van der Waals surface area contributed by atoms with Crippen molar-refractivity contribution in [2.45, 2.75) is 32.6 Å². The number of nitrogens with one attached hydrogen (secondary N) is 1. The number of nitrogens with zero attached hydrogens (tertiary/aromatic N) is 2. The van der Waals surface area contributed by atoms with Crippen LogP contribution in [0.1, 0.15) is 43.2 Å². The van der Waals surface area contributed by atoms with Gasteiger partial charge < -0.3 is 0 Å². The molecule has 4 nitrogen and oxygen atoms in total. The lowest BCUT2D eigenvalue weighted by Gasteiger charge is -2.05. The van der Waals surface area contributed by atoms with Gasteiger partial charge in [0.25, 0.3) is 0 Å². The third-order valence-corrected chi connectivity index (χ3v) is 4.67. The van der Waals surface area contributed by atoms with Crippen LogP contribution in [0.4, 0.5) is 5.13 Å². The summed E-state index contributed by atoms with van der Waals surface area (Å²) in [5.74, 6) is 0.161. The minimum atomic E-state index is -0.243. The van der Waals surface area contributed by atoms with E-state index in [0.717, 1.165) is 23.4 Å². The Kier molecular flexibility index (Phi) is 6.10. The number of rotatable bonds is 6. The van der Waals surface area contributed by atoms with Gasteiger partial charge in [0, 0.05) is 17.0 Å². The van der Waals surface area contributed by atoms with E-state index in [1.54, 1.807) is 12.1 Å². The first-order valence-electron chi connectivity index (χ1n) is 7.21. The van der Waals surface area contributed by atoms with Gasteiger partial charge >= 0.3 is 0 Å². The van der Waals surface area contributed by atoms with E-state index in [4.69, 9.17) is 11.6 Å². The monoisotopic (exact) mass is 335 g/mol. The number of carbonyl (C=O) groups is 1. The molecule has 2 aromatic rings. The first kappa shape index (κ1) is 16.6. The Balaban J connectivity index is 1.99. The van der Waals surface area contributed by atoms with E-state index in [0.29, 0.717) is 16.1 Å². The quantitative estimate of drug-likeness (QED) is 0.775. The molecule has 0 saturated heterocycles. The maximum absolute atomic E-state index is 11.9. The summed E-state index contributed by atoms with van der Waals surface area (Å²) in [5.41, 5.74) is 0.800. The molecule has 0 unspecified atom stereocenters. The van der Waals surface area contributed by atoms with Crippen LogP contribution >= 0.6 is 22.9 Å². The van der Waals surface area contributed by atoms with Crippen LogP contribution < -0.4 is 5.32 Å². The van der Waals surface area contributed by atoms with Gasteiger partial charge in [-0.05, 0) is 30.5 Å². The van der Waals surface area contributed by atoms with Crippen LogP contribution in [0.2, 0.25) is 5.02 Å². The maximum Gasteiger partial charge on any atom is 0.250 e. The molecule has 1 aromatic carbocycles. The second kappa shape index (κ2) is 8.06. The van der Waals surface area contributed by atoms with Crippen molar-refractivity contribution < 1.29 is 4.79 Å². The fraction of sp³-hybridized carbons (Fsp3) is 0.312. The molecule has 1 heterocycles. The molecule has 0 bridgehead atoms. The van der Waals surface area contributed by atoms with E-state index in [1.165, 1.54) is 17.4 Å². The van der Waals surface area contributed by atoms with Gasteiger partial charge in [-0.15, -0.1) is 10.2 Å². The second-order valence-corrected chi connectivity index (χ2v) is 6.22. The first-order valence-corrected chi connectivity index (χ1v) is 8.40. The Bertz CT molecular complexity index is 665. The molecule has 22 heavy (non-hydrogen) atoms. The fourth-order valence-corrected chi connectivity index (χ4v) is 3.22. The van der Waals surface area contributed by atoms with E-state index in [2.05, 4.69) is 29.4 Å². The summed E-state index contributed by atoms with van der Waals surface area (Å²) in [6, 6.07) is 7.35. The van der Waals surface area contributed by atoms with Crippen molar-refractivity contribution >= 4 is 40.1 Å². The summed E-state index contributed by atoms with van der Waals surface area (Å²) in [7, 11) is 0. The zero-order valence-electron chi connectivity index (χ0n) is 12.5. The zero-order chi connectivity index (χ0) is 15.9. The van der Waals surface area contributed by atoms with E-state index < -0.39 is 0 Å². The normalized spacial score (nSPS) is 11.3. The number of benzene rings is 1. The number of amides is 1. The zero-order valence-corrected chi connectivity index (χ0v) is 14.1. The highest BCUT2D eigenvalue weighted by molar-refractivity contribution is 7.15. The van der Waals surface area contributed by atoms with Crippen LogP contribution in [0.3, 0.4) is 0 Å². The molecule has 0 aliphatic carbocycles. The molecule has 0 atom stereocenters. The van der Waals surface area contributed by atoms with Crippen LogP contribution in [-0.4, -0.2) is 16.1 Å². The molecular formula is C16H18ClN3OS. The van der Waals surface area contributed by atoms with Gasteiger partial charge in [-0.2, -0.15) is 0 Å². The minimum Gasteiger partial charge on any atom is -0.297 e. The number of carbonyl (C=O) groups excluding carboxylic acids is 1. The summed E-state index contributed by atoms with van der Waals surface area (Å²) in [5, 5.41) is 13.0. The molecule has 0 saturated carbocycles. The highest BCUT2D eigenvalue weighted by atomic mass is 35.5. The van der Waals surface area contributed by atoms with E-state index in [-0.39, 0.29) is 5.91 Å². The number of halogens is 1. The van der Waals surface area contributed by atoms with Crippen molar-refractivity contribution in [1.29, 1.82) is 0 Å². The van der Waals surface area contributed by atoms with Crippen molar-refractivity contribution in [2.75, 3.05) is 5.32 Å². The van der Waals surface area contributed by atoms with Gasteiger partial charge in [-0.3, -0.25) is 10.1 Å². The Labute approximate surface area is 139 Å². The third kappa shape index (κ3) is 4.39. The van der Waals surface area contributed by atoms with Crippen LogP contribution in [0.25, 0.3) is 6.08 Å². The standard InChI is InChI=1S/C16H18ClN3OS/c1-3-11(4-2)15-19-20-16(22-15)18-14(21)10-9-12-7-5-6-8-13(12)17/h5-11H,3-4H2,1-2H3,(H,18,20,21)/b10-9+. The average molecular weight is 336 g/mol. The molecule has 1 aromatic heterocycles. The first-order chi connectivity index (χ1) is 10.6. The molecule has 1 N–H and O–H groups in total. The lowest BCUT2D eigenvalue weighted by atomic mass is 10.1. The number of aromatic nitrogens is 2. The summed E-state index contributed by atoms with van der Waals surface area (Å²) in [6.07, 6.45) is 5.16. The Morgan fingerprint density at radius 1 is 1.32 bits per heavy atom. The lowest BCUT2D eigenvalue weighted by Crippen LogP contribution is -2.07. The van der Waals surface area contributed by atoms with Crippen LogP contribution in [0.5, 0.6) is 0 Å². The summed E-state index contributed by atoms with van der Waals surface area (Å²) in [6.45, 7) is 4.25. The van der Waals surface area contributed by atoms with Crippen molar-refractivity contribution in [3.8, 4) is 0 Å². The molecule has 2 rings (SSSR count). The Morgan fingerprint density at radius 2 is 2.05 bits per heavy atom. The van der Waals surface area contributed by atoms with Crippen molar-refractivity contribution in [3.05, 3.63) is 45.9 Å². The van der Waals surface area contributed by atoms with E-state index in [1.807, 2.05) is 18.2 Å². The van der Waals surface area contributed by atoms with Gasteiger partial charge in [-0.1, -0.05) is 55.0 Å². The summed E-state index contributed by atoms with van der Waals surface area (Å²) in [4.78, 5) is 11.9. The van der Waals surface area contributed by atoms with Crippen LogP contribution in [0, 0.1) is 0 Å². The molecule has 0 aliphatic heterocycles. The maximum atomic E-state index is 11.9. The predicted octanol–water partition coefficient (Wildman–Crippen LogP) is 4.75. The number of hydrogen-bond donors (Lipinski definition) is 1. The molecule has 0 aliphatic rings. The van der Waals surface area contributed by atoms with Crippen molar-refractivity contribution in [3.63, 3.8) is 0 Å². The highest BCUT2D eigenvalue weighted by Gasteiger charge is 2.13. The fourth-order valence-electron chi connectivity index (χ4n) is 2.01. The van der Waals surface area contributed by atoms with Gasteiger partial charge in [0.15, 0.2) is 0 Å². The SMILES string of the molecule is CCC(CC)c1nnc(NC(=O)/C=C/c2ccccc2Cl)s1. The molecule has 1 amide bonds. The third-order valence-electron chi connectivity index (χ3n) is 3.33. The molecule has 0 spiro atoms. The van der Waals surface area contributed by atoms with E-state index >= 15 is 0 Å². The summed E-state index contributed by atoms with van der Waals surface area (Å²) >= 11 is 7.46. The largest absolute Gasteiger partial charge is 0.297 e. The summed E-state index contributed by atoms with van der Waals surface area (Å²) < 4.78 is 0. The van der Waals surface area contributed by atoms with Gasteiger partial charge in [0.1, 0.15) is 5.01 Å². The number of hydrogen-bond acceptors (Lipinski definition) is 4. The van der Waals surface area contributed by atoms with Crippen LogP contribution in [-0.2, 0) is 4.79 Å². The Morgan fingerprint density at radius 3 is 2.73 bits per heavy atom. The smallest absolute Gasteiger partial charge is 0.250 e. The van der Waals surface area contributed by atoms with Gasteiger partial charge in [0.05, 0.1) is 0 Å². The molecule has 116 valence electrons. The predicted molar refractivity (Wildman–Crippen MR) is 92.3 cm³/mol. The van der Waals surface area contributed by atoms with E-state index in [9.17, 15) is 4.79 Å². The minimum absolute atomic E-state index is 0.243. The Hall–Kier alpha value is -1.72. The van der Waals surface area contributed by atoms with Gasteiger partial charge in [-0.25, -0.2) is 0 Å². The second-order valence-electron chi connectivity index (χ2n) is 4.80. The van der Waals surface area contributed by atoms with Crippen molar-refractivity contribution in [1.82, 2.24) is 10.2 Å². The molecule has 0 fully saturated rings. The average Bonchev–Trinajstić information content (AvgIpc) is 2.96. The lowest BCUT2D eigenvalue weighted by molar-refractivity contribution is -0.111. The molecular weight excluding hydrogens is 318 g/mol. The molecule has 6 heteroatoms. The van der Waals surface area contributed by atoms with Crippen LogP contribution in [0.15, 0.2) is 30.3 Å². The molecule has 0 radical (unpaired) electrons. The van der Waals surface area contributed by atoms with Gasteiger partial charge in [0.2, 0.25) is 11.0 Å². The topological polar surface area (TPSA) is 54.9 Å². The van der Waals surface area contributed by atoms with Crippen molar-refractivity contribution in [2.24, 2.45) is 0 Å². The highest BCUT2D eigenvalue weighted by Crippen LogP contribution is 2.28.